The van der Waals surface area contributed by atoms with E-state index >= 15 is 0 Å². The van der Waals surface area contributed by atoms with Gasteiger partial charge in [0.1, 0.15) is 5.75 Å². The van der Waals surface area contributed by atoms with Crippen LogP contribution >= 0.6 is 22.6 Å². The first kappa shape index (κ1) is 11.6. The third-order valence-electron chi connectivity index (χ3n) is 1.47. The minimum Gasteiger partial charge on any atom is -0.497 e. The molecule has 0 aliphatic rings. The van der Waals surface area contributed by atoms with Gasteiger partial charge in [-0.2, -0.15) is 0 Å². The van der Waals surface area contributed by atoms with Crippen molar-refractivity contribution >= 4 is 38.3 Å². The van der Waals surface area contributed by atoms with Crippen molar-refractivity contribution in [2.75, 3.05) is 18.1 Å². The third-order valence-corrected chi connectivity index (χ3v) is 3.00. The second-order valence-electron chi connectivity index (χ2n) is 2.72. The molecule has 0 fully saturated rings. The van der Waals surface area contributed by atoms with Crippen molar-refractivity contribution in [2.45, 2.75) is 0 Å². The Balaban J connectivity index is 3.07. The molecule has 14 heavy (non-hydrogen) atoms. The van der Waals surface area contributed by atoms with Gasteiger partial charge in [-0.05, 0) is 34.7 Å². The fraction of sp³-hybridized carbons (Fsp3) is 0.250. The zero-order chi connectivity index (χ0) is 10.8. The van der Waals surface area contributed by atoms with E-state index < -0.39 is 10.0 Å². The molecule has 0 atom stereocenters. The van der Waals surface area contributed by atoms with Gasteiger partial charge in [0.25, 0.3) is 0 Å². The number of anilines is 1. The molecule has 0 saturated carbocycles. The van der Waals surface area contributed by atoms with Crippen LogP contribution in [-0.4, -0.2) is 21.8 Å². The topological polar surface area (TPSA) is 55.4 Å². The van der Waals surface area contributed by atoms with E-state index in [1.807, 2.05) is 0 Å². The first-order valence-electron chi connectivity index (χ1n) is 3.74. The van der Waals surface area contributed by atoms with E-state index in [9.17, 15) is 8.42 Å². The highest BCUT2D eigenvalue weighted by atomic mass is 127. The quantitative estimate of drug-likeness (QED) is 0.860. The maximum atomic E-state index is 11.0. The third kappa shape index (κ3) is 3.33. The van der Waals surface area contributed by atoms with Crippen molar-refractivity contribution in [3.63, 3.8) is 0 Å². The molecule has 0 aliphatic carbocycles. The summed E-state index contributed by atoms with van der Waals surface area (Å²) in [5.74, 6) is 0.622. The number of hydrogen-bond donors (Lipinski definition) is 1. The van der Waals surface area contributed by atoms with Crippen LogP contribution in [0, 0.1) is 3.57 Å². The van der Waals surface area contributed by atoms with E-state index in [-0.39, 0.29) is 0 Å². The number of rotatable bonds is 3. The zero-order valence-corrected chi connectivity index (χ0v) is 10.7. The van der Waals surface area contributed by atoms with Gasteiger partial charge in [0.15, 0.2) is 0 Å². The average molecular weight is 327 g/mol. The minimum atomic E-state index is -3.24. The highest BCUT2D eigenvalue weighted by molar-refractivity contribution is 14.1. The second-order valence-corrected chi connectivity index (χ2v) is 5.63. The maximum absolute atomic E-state index is 11.0. The van der Waals surface area contributed by atoms with Crippen LogP contribution in [0.1, 0.15) is 0 Å². The summed E-state index contributed by atoms with van der Waals surface area (Å²) in [5.41, 5.74) is 0.535. The van der Waals surface area contributed by atoms with Crippen molar-refractivity contribution in [1.29, 1.82) is 0 Å². The highest BCUT2D eigenvalue weighted by Crippen LogP contribution is 2.24. The lowest BCUT2D eigenvalue weighted by Crippen LogP contribution is -2.10. The van der Waals surface area contributed by atoms with Gasteiger partial charge in [-0.3, -0.25) is 4.72 Å². The first-order valence-corrected chi connectivity index (χ1v) is 6.71. The summed E-state index contributed by atoms with van der Waals surface area (Å²) < 4.78 is 30.2. The lowest BCUT2D eigenvalue weighted by Gasteiger charge is -2.08. The average Bonchev–Trinajstić information content (AvgIpc) is 2.06. The SMILES string of the molecule is COc1ccc(I)c(NS(C)(=O)=O)c1. The van der Waals surface area contributed by atoms with Gasteiger partial charge >= 0.3 is 0 Å². The minimum absolute atomic E-state index is 0.535. The molecular formula is C8H10INO3S. The predicted molar refractivity (Wildman–Crippen MR) is 64.2 cm³/mol. The van der Waals surface area contributed by atoms with E-state index in [2.05, 4.69) is 27.3 Å². The Labute approximate surface area is 96.8 Å². The van der Waals surface area contributed by atoms with Crippen LogP contribution in [0.3, 0.4) is 0 Å². The molecule has 0 radical (unpaired) electrons. The number of hydrogen-bond acceptors (Lipinski definition) is 3. The largest absolute Gasteiger partial charge is 0.497 e. The Hall–Kier alpha value is -0.500. The van der Waals surface area contributed by atoms with Gasteiger partial charge in [0.05, 0.1) is 19.1 Å². The molecule has 0 aliphatic heterocycles. The lowest BCUT2D eigenvalue weighted by atomic mass is 10.3. The van der Waals surface area contributed by atoms with Crippen molar-refractivity contribution in [2.24, 2.45) is 0 Å². The molecule has 1 rings (SSSR count). The normalized spacial score (nSPS) is 11.1. The molecule has 0 saturated heterocycles. The fourth-order valence-corrected chi connectivity index (χ4v) is 2.13. The summed E-state index contributed by atoms with van der Waals surface area (Å²) in [7, 11) is -1.70. The van der Waals surface area contributed by atoms with E-state index in [0.717, 1.165) is 9.83 Å². The molecule has 78 valence electrons. The second kappa shape index (κ2) is 4.35. The molecule has 0 heterocycles. The molecule has 1 N–H and O–H groups in total. The summed E-state index contributed by atoms with van der Waals surface area (Å²) in [5, 5.41) is 0. The molecule has 1 aromatic carbocycles. The van der Waals surface area contributed by atoms with Crippen LogP contribution < -0.4 is 9.46 Å². The highest BCUT2D eigenvalue weighted by Gasteiger charge is 2.06. The van der Waals surface area contributed by atoms with Gasteiger partial charge in [-0.15, -0.1) is 0 Å². The van der Waals surface area contributed by atoms with Crippen LogP contribution in [0.2, 0.25) is 0 Å². The van der Waals surface area contributed by atoms with Crippen molar-refractivity contribution in [1.82, 2.24) is 0 Å². The Morgan fingerprint density at radius 2 is 2.07 bits per heavy atom. The molecule has 0 amide bonds. The van der Waals surface area contributed by atoms with Gasteiger partial charge in [0, 0.05) is 9.64 Å². The molecule has 4 nitrogen and oxygen atoms in total. The number of ether oxygens (including phenoxy) is 1. The van der Waals surface area contributed by atoms with E-state index in [1.165, 1.54) is 7.11 Å². The molecule has 0 unspecified atom stereocenters. The standard InChI is InChI=1S/C8H10INO3S/c1-13-6-3-4-7(9)8(5-6)10-14(2,11)12/h3-5,10H,1-2H3. The Morgan fingerprint density at radius 3 is 2.57 bits per heavy atom. The zero-order valence-electron chi connectivity index (χ0n) is 7.74. The van der Waals surface area contributed by atoms with E-state index in [4.69, 9.17) is 4.74 Å². The summed E-state index contributed by atoms with van der Waals surface area (Å²) in [4.78, 5) is 0. The molecule has 0 aromatic heterocycles. The van der Waals surface area contributed by atoms with E-state index in [0.29, 0.717) is 11.4 Å². The summed E-state index contributed by atoms with van der Waals surface area (Å²) >= 11 is 2.05. The predicted octanol–water partition coefficient (Wildman–Crippen LogP) is 1.67. The number of benzene rings is 1. The van der Waals surface area contributed by atoms with Crippen LogP contribution in [0.4, 0.5) is 5.69 Å². The van der Waals surface area contributed by atoms with Gasteiger partial charge in [-0.25, -0.2) is 8.42 Å². The van der Waals surface area contributed by atoms with Gasteiger partial charge in [-0.1, -0.05) is 0 Å². The maximum Gasteiger partial charge on any atom is 0.229 e. The molecule has 6 heteroatoms. The molecular weight excluding hydrogens is 317 g/mol. The Kier molecular flexibility index (Phi) is 3.59. The summed E-state index contributed by atoms with van der Waals surface area (Å²) in [6.07, 6.45) is 1.11. The molecule has 0 spiro atoms. The van der Waals surface area contributed by atoms with E-state index in [1.54, 1.807) is 18.2 Å². The number of halogens is 1. The lowest BCUT2D eigenvalue weighted by molar-refractivity contribution is 0.415. The molecule has 0 bridgehead atoms. The number of sulfonamides is 1. The molecule has 1 aromatic rings. The summed E-state index contributed by atoms with van der Waals surface area (Å²) in [6.45, 7) is 0. The smallest absolute Gasteiger partial charge is 0.229 e. The van der Waals surface area contributed by atoms with Gasteiger partial charge < -0.3 is 4.74 Å². The van der Waals surface area contributed by atoms with Crippen LogP contribution in [0.15, 0.2) is 18.2 Å². The fourth-order valence-electron chi connectivity index (χ4n) is 0.909. The van der Waals surface area contributed by atoms with Crippen LogP contribution in [0.25, 0.3) is 0 Å². The van der Waals surface area contributed by atoms with Crippen LogP contribution in [0.5, 0.6) is 5.75 Å². The number of methoxy groups -OCH3 is 1. The first-order chi connectivity index (χ1) is 6.42. The van der Waals surface area contributed by atoms with Crippen molar-refractivity contribution in [3.05, 3.63) is 21.8 Å². The van der Waals surface area contributed by atoms with Crippen molar-refractivity contribution < 1.29 is 13.2 Å². The van der Waals surface area contributed by atoms with Gasteiger partial charge in [0.2, 0.25) is 10.0 Å². The number of nitrogens with one attached hydrogen (secondary N) is 1. The Bertz CT molecular complexity index is 430. The van der Waals surface area contributed by atoms with Crippen LogP contribution in [-0.2, 0) is 10.0 Å². The Morgan fingerprint density at radius 1 is 1.43 bits per heavy atom. The van der Waals surface area contributed by atoms with Crippen molar-refractivity contribution in [3.8, 4) is 5.75 Å². The monoisotopic (exact) mass is 327 g/mol. The summed E-state index contributed by atoms with van der Waals surface area (Å²) in [6, 6.07) is 5.20.